The lowest BCUT2D eigenvalue weighted by Gasteiger charge is -2.35. The minimum Gasteiger partial charge on any atom is -0.462 e. The maximum absolute atomic E-state index is 14.1. The first-order valence-electron chi connectivity index (χ1n) is 12.4. The number of carbonyl (C=O) groups is 2. The molecule has 6 heteroatoms. The Labute approximate surface area is 213 Å². The van der Waals surface area contributed by atoms with Gasteiger partial charge in [-0.05, 0) is 69.5 Å². The average Bonchev–Trinajstić information content (AvgIpc) is 2.84. The Bertz CT molecular complexity index is 1220. The topological polar surface area (TPSA) is 61.9 Å². The van der Waals surface area contributed by atoms with E-state index in [-0.39, 0.29) is 18.4 Å². The van der Waals surface area contributed by atoms with Crippen molar-refractivity contribution in [2.45, 2.75) is 32.0 Å². The number of rotatable bonds is 8. The first-order valence-corrected chi connectivity index (χ1v) is 12.4. The highest BCUT2D eigenvalue weighted by atomic mass is 16.5. The van der Waals surface area contributed by atoms with Crippen LogP contribution in [0.2, 0.25) is 0 Å². The molecular formula is C30H35N3O3. The maximum Gasteiger partial charge on any atom is 0.338 e. The zero-order valence-corrected chi connectivity index (χ0v) is 21.7. The zero-order valence-electron chi connectivity index (χ0n) is 21.7. The van der Waals surface area contributed by atoms with Crippen LogP contribution in [0.25, 0.3) is 0 Å². The summed E-state index contributed by atoms with van der Waals surface area (Å²) in [4.78, 5) is 31.1. The van der Waals surface area contributed by atoms with Gasteiger partial charge in [-0.2, -0.15) is 0 Å². The number of Topliss-reactive ketones (excluding diaryl/α,β-unsaturated/α-hetero) is 1. The smallest absolute Gasteiger partial charge is 0.338 e. The summed E-state index contributed by atoms with van der Waals surface area (Å²) in [5, 5.41) is 3.59. The number of fused-ring (bicyclic) bond motifs is 1. The largest absolute Gasteiger partial charge is 0.462 e. The van der Waals surface area contributed by atoms with Gasteiger partial charge in [0.1, 0.15) is 0 Å². The van der Waals surface area contributed by atoms with Gasteiger partial charge in [-0.3, -0.25) is 4.79 Å². The number of benzene rings is 3. The van der Waals surface area contributed by atoms with Crippen LogP contribution in [0.5, 0.6) is 0 Å². The van der Waals surface area contributed by atoms with E-state index in [1.54, 1.807) is 19.1 Å². The minimum absolute atomic E-state index is 0.0740. The molecule has 188 valence electrons. The van der Waals surface area contributed by atoms with E-state index in [0.29, 0.717) is 16.8 Å². The number of carbonyl (C=O) groups excluding carboxylic acids is 2. The quantitative estimate of drug-likeness (QED) is 0.447. The summed E-state index contributed by atoms with van der Waals surface area (Å²) in [7, 11) is 8.16. The third-order valence-corrected chi connectivity index (χ3v) is 6.41. The number of esters is 1. The monoisotopic (exact) mass is 485 g/mol. The second-order valence-electron chi connectivity index (χ2n) is 9.87. The van der Waals surface area contributed by atoms with Crippen molar-refractivity contribution in [2.24, 2.45) is 0 Å². The predicted molar refractivity (Wildman–Crippen MR) is 143 cm³/mol. The normalized spacial score (nSPS) is 17.1. The van der Waals surface area contributed by atoms with E-state index in [1.165, 1.54) is 11.1 Å². The van der Waals surface area contributed by atoms with E-state index in [1.807, 2.05) is 46.4 Å². The molecule has 3 aromatic carbocycles. The Balaban J connectivity index is 1.78. The summed E-state index contributed by atoms with van der Waals surface area (Å²) in [5.74, 6) is -1.03. The zero-order chi connectivity index (χ0) is 25.8. The standard InChI is InChI=1S/C30H35N3O3/c1-6-36-30(35)24-8-7-9-25-27(24)29(34)26(22-14-10-20(11-15-22)18-32(2)3)28(31-25)23-16-12-21(13-17-23)19-33(4)5/h7-17,26,28,31H,6,18-19H2,1-5H3. The van der Waals surface area contributed by atoms with E-state index >= 15 is 0 Å². The van der Waals surface area contributed by atoms with Crippen LogP contribution in [-0.2, 0) is 17.8 Å². The van der Waals surface area contributed by atoms with Gasteiger partial charge in [0.05, 0.1) is 29.7 Å². The molecule has 0 aliphatic carbocycles. The van der Waals surface area contributed by atoms with E-state index in [2.05, 4.69) is 51.5 Å². The Hall–Kier alpha value is -3.48. The molecule has 0 amide bonds. The van der Waals surface area contributed by atoms with Crippen LogP contribution in [0.3, 0.4) is 0 Å². The Morgan fingerprint density at radius 3 is 1.92 bits per heavy atom. The second-order valence-corrected chi connectivity index (χ2v) is 9.87. The van der Waals surface area contributed by atoms with Crippen molar-refractivity contribution >= 4 is 17.4 Å². The van der Waals surface area contributed by atoms with Crippen molar-refractivity contribution in [1.82, 2.24) is 9.80 Å². The molecule has 0 saturated carbocycles. The van der Waals surface area contributed by atoms with Gasteiger partial charge in [0.25, 0.3) is 0 Å². The van der Waals surface area contributed by atoms with Crippen LogP contribution in [0.1, 0.15) is 61.9 Å². The predicted octanol–water partition coefficient (Wildman–Crippen LogP) is 5.12. The Kier molecular flexibility index (Phi) is 7.87. The molecule has 0 spiro atoms. The van der Waals surface area contributed by atoms with Gasteiger partial charge < -0.3 is 19.9 Å². The summed E-state index contributed by atoms with van der Waals surface area (Å²) in [6.07, 6.45) is 0. The first-order chi connectivity index (χ1) is 17.3. The van der Waals surface area contributed by atoms with E-state index in [4.69, 9.17) is 4.74 Å². The Morgan fingerprint density at radius 2 is 1.39 bits per heavy atom. The lowest BCUT2D eigenvalue weighted by molar-refractivity contribution is 0.0522. The first kappa shape index (κ1) is 25.6. The van der Waals surface area contributed by atoms with E-state index in [0.717, 1.165) is 24.2 Å². The van der Waals surface area contributed by atoms with Crippen molar-refractivity contribution in [2.75, 3.05) is 40.1 Å². The molecule has 0 aromatic heterocycles. The van der Waals surface area contributed by atoms with Gasteiger partial charge in [0.2, 0.25) is 0 Å². The molecule has 0 bridgehead atoms. The molecule has 0 fully saturated rings. The number of ketones is 1. The number of nitrogens with zero attached hydrogens (tertiary/aromatic N) is 2. The van der Waals surface area contributed by atoms with Gasteiger partial charge in [-0.15, -0.1) is 0 Å². The highest BCUT2D eigenvalue weighted by molar-refractivity contribution is 6.14. The third-order valence-electron chi connectivity index (χ3n) is 6.41. The SMILES string of the molecule is CCOC(=O)c1cccc2c1C(=O)C(c1ccc(CN(C)C)cc1)C(c1ccc(CN(C)C)cc1)N2. The summed E-state index contributed by atoms with van der Waals surface area (Å²) in [5.41, 5.74) is 5.70. The lowest BCUT2D eigenvalue weighted by atomic mass is 9.77. The fourth-order valence-corrected chi connectivity index (χ4v) is 4.89. The molecule has 4 rings (SSSR count). The molecule has 0 radical (unpaired) electrons. The summed E-state index contributed by atoms with van der Waals surface area (Å²) < 4.78 is 5.26. The van der Waals surface area contributed by atoms with Gasteiger partial charge in [0.15, 0.2) is 5.78 Å². The van der Waals surface area contributed by atoms with Crippen molar-refractivity contribution in [3.05, 3.63) is 100 Å². The second kappa shape index (κ2) is 11.1. The fraction of sp³-hybridized carbons (Fsp3) is 0.333. The van der Waals surface area contributed by atoms with Gasteiger partial charge in [-0.25, -0.2) is 4.79 Å². The highest BCUT2D eigenvalue weighted by Crippen LogP contribution is 2.43. The molecular weight excluding hydrogens is 450 g/mol. The van der Waals surface area contributed by atoms with Crippen LogP contribution in [0.4, 0.5) is 5.69 Å². The van der Waals surface area contributed by atoms with Crippen LogP contribution < -0.4 is 5.32 Å². The summed E-state index contributed by atoms with van der Waals surface area (Å²) in [6.45, 7) is 3.69. The number of anilines is 1. The van der Waals surface area contributed by atoms with Crippen molar-refractivity contribution < 1.29 is 14.3 Å². The molecule has 1 N–H and O–H groups in total. The number of nitrogens with one attached hydrogen (secondary N) is 1. The maximum atomic E-state index is 14.1. The third kappa shape index (κ3) is 5.50. The van der Waals surface area contributed by atoms with Crippen LogP contribution in [0, 0.1) is 0 Å². The summed E-state index contributed by atoms with van der Waals surface area (Å²) >= 11 is 0. The summed E-state index contributed by atoms with van der Waals surface area (Å²) in [6, 6.07) is 21.7. The number of hydrogen-bond donors (Lipinski definition) is 1. The fourth-order valence-electron chi connectivity index (χ4n) is 4.89. The molecule has 6 nitrogen and oxygen atoms in total. The van der Waals surface area contributed by atoms with Crippen molar-refractivity contribution in [3.63, 3.8) is 0 Å². The molecule has 2 atom stereocenters. The Morgan fingerprint density at radius 1 is 0.833 bits per heavy atom. The molecule has 2 unspecified atom stereocenters. The molecule has 0 saturated heterocycles. The molecule has 1 aliphatic heterocycles. The van der Waals surface area contributed by atoms with Gasteiger partial charge >= 0.3 is 5.97 Å². The van der Waals surface area contributed by atoms with Crippen LogP contribution in [0.15, 0.2) is 66.7 Å². The number of hydrogen-bond acceptors (Lipinski definition) is 6. The molecule has 36 heavy (non-hydrogen) atoms. The average molecular weight is 486 g/mol. The molecule has 1 heterocycles. The minimum atomic E-state index is -0.485. The lowest BCUT2D eigenvalue weighted by Crippen LogP contribution is -2.33. The van der Waals surface area contributed by atoms with E-state index < -0.39 is 11.9 Å². The van der Waals surface area contributed by atoms with Crippen molar-refractivity contribution in [3.8, 4) is 0 Å². The van der Waals surface area contributed by atoms with Crippen molar-refractivity contribution in [1.29, 1.82) is 0 Å². The van der Waals surface area contributed by atoms with Gasteiger partial charge in [-0.1, -0.05) is 54.6 Å². The van der Waals surface area contributed by atoms with Crippen LogP contribution >= 0.6 is 0 Å². The van der Waals surface area contributed by atoms with Gasteiger partial charge in [0, 0.05) is 18.8 Å². The van der Waals surface area contributed by atoms with E-state index in [9.17, 15) is 9.59 Å². The molecule has 1 aliphatic rings. The van der Waals surface area contributed by atoms with Crippen LogP contribution in [-0.4, -0.2) is 56.3 Å². The highest BCUT2D eigenvalue weighted by Gasteiger charge is 2.39. The molecule has 3 aromatic rings. The number of ether oxygens (including phenoxy) is 1.